The number of carbonyl (C=O) groups is 2. The molecule has 0 bridgehead atoms. The van der Waals surface area contributed by atoms with E-state index in [2.05, 4.69) is 0 Å². The van der Waals surface area contributed by atoms with Crippen LogP contribution < -0.4 is 4.74 Å². The Morgan fingerprint density at radius 1 is 1.38 bits per heavy atom. The molecule has 1 aromatic rings. The first-order valence-electron chi connectivity index (χ1n) is 7.12. The normalized spacial score (nSPS) is 22.0. The van der Waals surface area contributed by atoms with E-state index in [-0.39, 0.29) is 18.4 Å². The van der Waals surface area contributed by atoms with Crippen molar-refractivity contribution < 1.29 is 19.1 Å². The van der Waals surface area contributed by atoms with E-state index < -0.39 is 10.8 Å². The van der Waals surface area contributed by atoms with Crippen LogP contribution in [0.3, 0.4) is 0 Å². The van der Waals surface area contributed by atoms with Gasteiger partial charge in [-0.15, -0.1) is 0 Å². The highest BCUT2D eigenvalue weighted by Gasteiger charge is 2.51. The molecule has 0 amide bonds. The summed E-state index contributed by atoms with van der Waals surface area (Å²) < 4.78 is 10.4. The van der Waals surface area contributed by atoms with Crippen molar-refractivity contribution in [1.29, 1.82) is 0 Å². The van der Waals surface area contributed by atoms with E-state index in [1.807, 2.05) is 39.8 Å². The summed E-state index contributed by atoms with van der Waals surface area (Å²) >= 11 is 0. The first kappa shape index (κ1) is 15.5. The zero-order chi connectivity index (χ0) is 15.8. The maximum absolute atomic E-state index is 12.3. The maximum atomic E-state index is 12.3. The molecule has 0 saturated carbocycles. The summed E-state index contributed by atoms with van der Waals surface area (Å²) in [4.78, 5) is 24.1. The van der Waals surface area contributed by atoms with Gasteiger partial charge in [-0.1, -0.05) is 24.6 Å². The number of methoxy groups -OCH3 is 1. The molecule has 1 atom stereocenters. The number of rotatable bonds is 2. The van der Waals surface area contributed by atoms with Gasteiger partial charge in [0.15, 0.2) is 0 Å². The Kier molecular flexibility index (Phi) is 3.83. The largest absolute Gasteiger partial charge is 0.469 e. The summed E-state index contributed by atoms with van der Waals surface area (Å²) in [5, 5.41) is 0. The van der Waals surface area contributed by atoms with Gasteiger partial charge in [-0.3, -0.25) is 9.59 Å². The standard InChI is InChI=1S/C17H22O4/c1-11-6-7-13-12(10-11)17(4,9-8-14(18)21-13)16(2,3)15(19)20-5/h6-7,10H,8-9H2,1-5H3. The van der Waals surface area contributed by atoms with Crippen LogP contribution in [0.25, 0.3) is 0 Å². The monoisotopic (exact) mass is 290 g/mol. The maximum Gasteiger partial charge on any atom is 0.312 e. The van der Waals surface area contributed by atoms with Crippen molar-refractivity contribution in [2.24, 2.45) is 5.41 Å². The van der Waals surface area contributed by atoms with Crippen LogP contribution in [0.2, 0.25) is 0 Å². The van der Waals surface area contributed by atoms with Crippen molar-refractivity contribution in [1.82, 2.24) is 0 Å². The summed E-state index contributed by atoms with van der Waals surface area (Å²) in [6.07, 6.45) is 0.828. The fourth-order valence-electron chi connectivity index (χ4n) is 2.95. The van der Waals surface area contributed by atoms with Gasteiger partial charge >= 0.3 is 11.9 Å². The van der Waals surface area contributed by atoms with Gasteiger partial charge in [-0.25, -0.2) is 0 Å². The van der Waals surface area contributed by atoms with Gasteiger partial charge in [-0.05, 0) is 33.3 Å². The topological polar surface area (TPSA) is 52.6 Å². The minimum atomic E-state index is -0.766. The predicted molar refractivity (Wildman–Crippen MR) is 79.2 cm³/mol. The quantitative estimate of drug-likeness (QED) is 0.620. The first-order valence-corrected chi connectivity index (χ1v) is 7.12. The van der Waals surface area contributed by atoms with Crippen LogP contribution in [-0.4, -0.2) is 19.0 Å². The number of hydrogen-bond donors (Lipinski definition) is 0. The van der Waals surface area contributed by atoms with Crippen molar-refractivity contribution in [3.05, 3.63) is 29.3 Å². The first-order chi connectivity index (χ1) is 9.72. The van der Waals surface area contributed by atoms with E-state index in [0.29, 0.717) is 12.2 Å². The van der Waals surface area contributed by atoms with E-state index in [1.54, 1.807) is 6.07 Å². The fraction of sp³-hybridized carbons (Fsp3) is 0.529. The smallest absolute Gasteiger partial charge is 0.312 e. The Morgan fingerprint density at radius 2 is 2.05 bits per heavy atom. The van der Waals surface area contributed by atoms with E-state index in [1.165, 1.54) is 7.11 Å². The van der Waals surface area contributed by atoms with Crippen LogP contribution >= 0.6 is 0 Å². The summed E-state index contributed by atoms with van der Waals surface area (Å²) in [5.41, 5.74) is 0.661. The van der Waals surface area contributed by atoms with E-state index in [0.717, 1.165) is 11.1 Å². The van der Waals surface area contributed by atoms with E-state index in [9.17, 15) is 9.59 Å². The number of fused-ring (bicyclic) bond motifs is 1. The van der Waals surface area contributed by atoms with Crippen LogP contribution in [0.15, 0.2) is 18.2 Å². The Bertz CT molecular complexity index is 588. The molecule has 4 heteroatoms. The molecular weight excluding hydrogens is 268 g/mol. The van der Waals surface area contributed by atoms with Gasteiger partial charge in [0.25, 0.3) is 0 Å². The Balaban J connectivity index is 2.66. The fourth-order valence-corrected chi connectivity index (χ4v) is 2.95. The number of aryl methyl sites for hydroxylation is 1. The lowest BCUT2D eigenvalue weighted by atomic mass is 9.60. The molecule has 1 aliphatic rings. The van der Waals surface area contributed by atoms with Crippen molar-refractivity contribution in [2.75, 3.05) is 7.11 Å². The van der Waals surface area contributed by atoms with Gasteiger partial charge in [0, 0.05) is 17.4 Å². The lowest BCUT2D eigenvalue weighted by Gasteiger charge is -2.42. The van der Waals surface area contributed by atoms with Crippen LogP contribution in [-0.2, 0) is 19.7 Å². The zero-order valence-corrected chi connectivity index (χ0v) is 13.3. The molecule has 0 radical (unpaired) electrons. The second-order valence-electron chi connectivity index (χ2n) is 6.42. The lowest BCUT2D eigenvalue weighted by Crippen LogP contribution is -2.45. The molecule has 4 nitrogen and oxygen atoms in total. The molecule has 1 aromatic carbocycles. The third-order valence-corrected chi connectivity index (χ3v) is 4.86. The van der Waals surface area contributed by atoms with Crippen molar-refractivity contribution in [3.8, 4) is 5.75 Å². The SMILES string of the molecule is COC(=O)C(C)(C)C1(C)CCC(=O)Oc2ccc(C)cc21. The average Bonchev–Trinajstić information content (AvgIpc) is 2.57. The average molecular weight is 290 g/mol. The number of benzene rings is 1. The highest BCUT2D eigenvalue weighted by atomic mass is 16.5. The zero-order valence-electron chi connectivity index (χ0n) is 13.3. The number of hydrogen-bond acceptors (Lipinski definition) is 4. The summed E-state index contributed by atoms with van der Waals surface area (Å²) in [5.74, 6) is -0.00104. The van der Waals surface area contributed by atoms with Crippen LogP contribution in [0.5, 0.6) is 5.75 Å². The predicted octanol–water partition coefficient (Wildman–Crippen LogP) is 3.15. The number of esters is 2. The highest BCUT2D eigenvalue weighted by Crippen LogP contribution is 2.50. The molecule has 0 N–H and O–H groups in total. The molecule has 1 heterocycles. The molecule has 0 aliphatic carbocycles. The molecule has 0 spiro atoms. The number of carbonyl (C=O) groups excluding carboxylic acids is 2. The molecule has 0 fully saturated rings. The molecule has 114 valence electrons. The van der Waals surface area contributed by atoms with Gasteiger partial charge in [-0.2, -0.15) is 0 Å². The third-order valence-electron chi connectivity index (χ3n) is 4.86. The number of ether oxygens (including phenoxy) is 2. The third kappa shape index (κ3) is 2.43. The Labute approximate surface area is 125 Å². The van der Waals surface area contributed by atoms with Crippen molar-refractivity contribution in [3.63, 3.8) is 0 Å². The minimum Gasteiger partial charge on any atom is -0.469 e. The van der Waals surface area contributed by atoms with Gasteiger partial charge < -0.3 is 9.47 Å². The van der Waals surface area contributed by atoms with Crippen molar-refractivity contribution >= 4 is 11.9 Å². The molecule has 0 saturated heterocycles. The van der Waals surface area contributed by atoms with E-state index in [4.69, 9.17) is 9.47 Å². The summed E-state index contributed by atoms with van der Waals surface area (Å²) in [7, 11) is 1.39. The van der Waals surface area contributed by atoms with Crippen LogP contribution in [0.4, 0.5) is 0 Å². The van der Waals surface area contributed by atoms with Gasteiger partial charge in [0.05, 0.1) is 12.5 Å². The molecule has 0 aromatic heterocycles. The molecular formula is C17H22O4. The second-order valence-corrected chi connectivity index (χ2v) is 6.42. The summed E-state index contributed by atoms with van der Waals surface area (Å²) in [6.45, 7) is 7.71. The lowest BCUT2D eigenvalue weighted by molar-refractivity contribution is -0.155. The Morgan fingerprint density at radius 3 is 2.67 bits per heavy atom. The van der Waals surface area contributed by atoms with Crippen LogP contribution in [0.1, 0.15) is 44.7 Å². The minimum absolute atomic E-state index is 0.260. The van der Waals surface area contributed by atoms with Gasteiger partial charge in [0.2, 0.25) is 0 Å². The summed E-state index contributed by atoms with van der Waals surface area (Å²) in [6, 6.07) is 5.71. The van der Waals surface area contributed by atoms with Gasteiger partial charge in [0.1, 0.15) is 5.75 Å². The molecule has 1 unspecified atom stereocenters. The van der Waals surface area contributed by atoms with Crippen LogP contribution in [0, 0.1) is 12.3 Å². The molecule has 1 aliphatic heterocycles. The Hall–Kier alpha value is -1.84. The molecule has 2 rings (SSSR count). The highest BCUT2D eigenvalue weighted by molar-refractivity contribution is 5.80. The van der Waals surface area contributed by atoms with E-state index >= 15 is 0 Å². The van der Waals surface area contributed by atoms with Crippen molar-refractivity contribution in [2.45, 2.75) is 46.0 Å². The second kappa shape index (κ2) is 5.17. The molecule has 21 heavy (non-hydrogen) atoms.